The topological polar surface area (TPSA) is 46.2 Å². The minimum absolute atomic E-state index is 0.190. The quantitative estimate of drug-likeness (QED) is 0.879. The molecule has 0 saturated carbocycles. The summed E-state index contributed by atoms with van der Waals surface area (Å²) in [5, 5.41) is 3.43. The molecule has 1 unspecified atom stereocenters. The van der Waals surface area contributed by atoms with E-state index in [1.54, 1.807) is 0 Å². The highest BCUT2D eigenvalue weighted by molar-refractivity contribution is 7.90. The molecule has 108 valence electrons. The Kier molecular flexibility index (Phi) is 5.03. The molecule has 1 aromatic rings. The average molecular weight is 301 g/mol. The van der Waals surface area contributed by atoms with Gasteiger partial charge in [0.25, 0.3) is 0 Å². The molecule has 1 N–H and O–H groups in total. The predicted molar refractivity (Wildman–Crippen MR) is 81.7 cm³/mol. The number of fused-ring (bicyclic) bond motifs is 1. The second kappa shape index (κ2) is 6.37. The van der Waals surface area contributed by atoms with Gasteiger partial charge in [-0.2, -0.15) is 0 Å². The van der Waals surface area contributed by atoms with Crippen molar-refractivity contribution in [3.05, 3.63) is 21.4 Å². The molecular formula is C14H23NO2S2. The first-order chi connectivity index (χ1) is 8.99. The van der Waals surface area contributed by atoms with E-state index in [-0.39, 0.29) is 11.8 Å². The van der Waals surface area contributed by atoms with E-state index < -0.39 is 9.84 Å². The van der Waals surface area contributed by atoms with Gasteiger partial charge in [0.1, 0.15) is 9.84 Å². The molecule has 0 aromatic carbocycles. The van der Waals surface area contributed by atoms with Crippen molar-refractivity contribution in [2.24, 2.45) is 0 Å². The van der Waals surface area contributed by atoms with E-state index in [1.807, 2.05) is 11.3 Å². The highest BCUT2D eigenvalue weighted by Crippen LogP contribution is 2.34. The van der Waals surface area contributed by atoms with E-state index in [0.29, 0.717) is 6.42 Å². The van der Waals surface area contributed by atoms with E-state index in [2.05, 4.69) is 18.3 Å². The number of aryl methyl sites for hydroxylation is 2. The van der Waals surface area contributed by atoms with E-state index in [0.717, 1.165) is 6.54 Å². The third-order valence-corrected chi connectivity index (χ3v) is 5.92. The SMILES string of the molecule is CCNC(CCS(C)(=O)=O)c1cc2c(s1)CCCC2. The summed E-state index contributed by atoms with van der Waals surface area (Å²) < 4.78 is 22.7. The second-order valence-electron chi connectivity index (χ2n) is 5.33. The van der Waals surface area contributed by atoms with Crippen molar-refractivity contribution in [1.29, 1.82) is 0 Å². The maximum Gasteiger partial charge on any atom is 0.147 e. The molecule has 1 aromatic heterocycles. The lowest BCUT2D eigenvalue weighted by atomic mass is 9.98. The Morgan fingerprint density at radius 2 is 2.11 bits per heavy atom. The van der Waals surface area contributed by atoms with Gasteiger partial charge in [-0.05, 0) is 50.3 Å². The van der Waals surface area contributed by atoms with E-state index in [1.165, 1.54) is 47.3 Å². The fourth-order valence-electron chi connectivity index (χ4n) is 2.61. The number of hydrogen-bond donors (Lipinski definition) is 1. The highest BCUT2D eigenvalue weighted by Gasteiger charge is 2.19. The lowest BCUT2D eigenvalue weighted by Crippen LogP contribution is -2.22. The van der Waals surface area contributed by atoms with Crippen LogP contribution >= 0.6 is 11.3 Å². The Balaban J connectivity index is 2.11. The molecule has 1 atom stereocenters. The molecule has 0 fully saturated rings. The van der Waals surface area contributed by atoms with Crippen LogP contribution in [0.3, 0.4) is 0 Å². The van der Waals surface area contributed by atoms with Gasteiger partial charge in [0.2, 0.25) is 0 Å². The molecule has 1 heterocycles. The number of thiophene rings is 1. The molecule has 19 heavy (non-hydrogen) atoms. The second-order valence-corrected chi connectivity index (χ2v) is 8.76. The first-order valence-electron chi connectivity index (χ1n) is 7.02. The summed E-state index contributed by atoms with van der Waals surface area (Å²) >= 11 is 1.88. The van der Waals surface area contributed by atoms with E-state index in [9.17, 15) is 8.42 Å². The zero-order valence-electron chi connectivity index (χ0n) is 11.7. The average Bonchev–Trinajstić information content (AvgIpc) is 2.76. The standard InChI is InChI=1S/C14H23NO2S2/c1-3-15-12(8-9-19(2,16)17)14-10-11-6-4-5-7-13(11)18-14/h10,12,15H,3-9H2,1-2H3. The van der Waals surface area contributed by atoms with Gasteiger partial charge in [-0.3, -0.25) is 0 Å². The van der Waals surface area contributed by atoms with Crippen molar-refractivity contribution < 1.29 is 8.42 Å². The predicted octanol–water partition coefficient (Wildman–Crippen LogP) is 2.71. The smallest absolute Gasteiger partial charge is 0.147 e. The van der Waals surface area contributed by atoms with Crippen LogP contribution < -0.4 is 5.32 Å². The minimum Gasteiger partial charge on any atom is -0.309 e. The summed E-state index contributed by atoms with van der Waals surface area (Å²) in [6, 6.07) is 2.49. The zero-order chi connectivity index (χ0) is 13.9. The number of hydrogen-bond acceptors (Lipinski definition) is 4. The molecule has 0 aliphatic heterocycles. The fraction of sp³-hybridized carbons (Fsp3) is 0.714. The van der Waals surface area contributed by atoms with Crippen molar-refractivity contribution in [2.45, 2.75) is 45.1 Å². The number of nitrogens with one attached hydrogen (secondary N) is 1. The van der Waals surface area contributed by atoms with Crippen molar-refractivity contribution >= 4 is 21.2 Å². The van der Waals surface area contributed by atoms with Gasteiger partial charge in [0.15, 0.2) is 0 Å². The van der Waals surface area contributed by atoms with Crippen LogP contribution in [0.4, 0.5) is 0 Å². The van der Waals surface area contributed by atoms with Gasteiger partial charge in [-0.25, -0.2) is 8.42 Å². The Morgan fingerprint density at radius 1 is 1.37 bits per heavy atom. The summed E-state index contributed by atoms with van der Waals surface area (Å²) in [6.45, 7) is 2.94. The molecule has 5 heteroatoms. The molecule has 3 nitrogen and oxygen atoms in total. The molecular weight excluding hydrogens is 278 g/mol. The normalized spacial score (nSPS) is 17.2. The minimum atomic E-state index is -2.88. The summed E-state index contributed by atoms with van der Waals surface area (Å²) in [6.07, 6.45) is 6.96. The highest BCUT2D eigenvalue weighted by atomic mass is 32.2. The maximum absolute atomic E-state index is 11.3. The monoisotopic (exact) mass is 301 g/mol. The van der Waals surface area contributed by atoms with Crippen LogP contribution in [0.5, 0.6) is 0 Å². The summed E-state index contributed by atoms with van der Waals surface area (Å²) in [4.78, 5) is 2.83. The lowest BCUT2D eigenvalue weighted by molar-refractivity contribution is 0.536. The largest absolute Gasteiger partial charge is 0.309 e. The third kappa shape index (κ3) is 4.29. The molecule has 0 spiro atoms. The van der Waals surface area contributed by atoms with Crippen LogP contribution in [0, 0.1) is 0 Å². The lowest BCUT2D eigenvalue weighted by Gasteiger charge is -2.15. The first kappa shape index (κ1) is 15.0. The van der Waals surface area contributed by atoms with E-state index >= 15 is 0 Å². The van der Waals surface area contributed by atoms with Crippen LogP contribution in [-0.4, -0.2) is 27.0 Å². The number of rotatable bonds is 6. The van der Waals surface area contributed by atoms with Crippen molar-refractivity contribution in [3.8, 4) is 0 Å². The Hall–Kier alpha value is -0.390. The molecule has 2 rings (SSSR count). The molecule has 0 bridgehead atoms. The van der Waals surface area contributed by atoms with Gasteiger partial charge < -0.3 is 5.32 Å². The molecule has 1 aliphatic rings. The van der Waals surface area contributed by atoms with Crippen molar-refractivity contribution in [3.63, 3.8) is 0 Å². The molecule has 0 radical (unpaired) electrons. The van der Waals surface area contributed by atoms with Crippen LogP contribution in [0.1, 0.15) is 47.5 Å². The van der Waals surface area contributed by atoms with Crippen LogP contribution in [0.25, 0.3) is 0 Å². The zero-order valence-corrected chi connectivity index (χ0v) is 13.4. The van der Waals surface area contributed by atoms with Crippen LogP contribution in [0.2, 0.25) is 0 Å². The number of sulfone groups is 1. The van der Waals surface area contributed by atoms with Crippen molar-refractivity contribution in [1.82, 2.24) is 5.32 Å². The third-order valence-electron chi connectivity index (χ3n) is 3.59. The molecule has 0 amide bonds. The van der Waals surface area contributed by atoms with Gasteiger partial charge in [-0.1, -0.05) is 6.92 Å². The van der Waals surface area contributed by atoms with Gasteiger partial charge in [0, 0.05) is 22.1 Å². The summed E-state index contributed by atoms with van der Waals surface area (Å²) in [5.41, 5.74) is 1.49. The van der Waals surface area contributed by atoms with Gasteiger partial charge in [-0.15, -0.1) is 11.3 Å². The van der Waals surface area contributed by atoms with Gasteiger partial charge in [0.05, 0.1) is 5.75 Å². The Labute approximate surface area is 120 Å². The Bertz CT molecular complexity index is 496. The Morgan fingerprint density at radius 3 is 2.74 bits per heavy atom. The first-order valence-corrected chi connectivity index (χ1v) is 9.90. The summed E-state index contributed by atoms with van der Waals surface area (Å²) in [5.74, 6) is 0.257. The fourth-order valence-corrected chi connectivity index (χ4v) is 4.64. The maximum atomic E-state index is 11.3. The molecule has 0 saturated heterocycles. The van der Waals surface area contributed by atoms with E-state index in [4.69, 9.17) is 0 Å². The van der Waals surface area contributed by atoms with Crippen LogP contribution in [0.15, 0.2) is 6.07 Å². The summed E-state index contributed by atoms with van der Waals surface area (Å²) in [7, 11) is -2.88. The van der Waals surface area contributed by atoms with Crippen LogP contribution in [-0.2, 0) is 22.7 Å². The van der Waals surface area contributed by atoms with Gasteiger partial charge >= 0.3 is 0 Å². The van der Waals surface area contributed by atoms with Crippen molar-refractivity contribution in [2.75, 3.05) is 18.6 Å². The molecule has 1 aliphatic carbocycles.